The van der Waals surface area contributed by atoms with E-state index in [1.54, 1.807) is 28.6 Å². The number of halogens is 1. The third-order valence-electron chi connectivity index (χ3n) is 5.75. The van der Waals surface area contributed by atoms with Gasteiger partial charge in [-0.05, 0) is 55.2 Å². The maximum atomic E-state index is 12.9. The largest absolute Gasteiger partial charge is 0.339 e. The molecule has 1 saturated heterocycles. The monoisotopic (exact) mass is 489 g/mol. The molecule has 2 heterocycles. The van der Waals surface area contributed by atoms with Crippen LogP contribution < -0.4 is 0 Å². The number of nitrogens with zero attached hydrogens (tertiary/aromatic N) is 3. The third-order valence-corrected chi connectivity index (χ3v) is 8.20. The maximum Gasteiger partial charge on any atom is 0.243 e. The normalized spacial score (nSPS) is 17.2. The molecule has 6 nitrogen and oxygen atoms in total. The third kappa shape index (κ3) is 4.22. The first-order valence-corrected chi connectivity index (χ1v) is 12.2. The van der Waals surface area contributed by atoms with E-state index in [-0.39, 0.29) is 11.8 Å². The summed E-state index contributed by atoms with van der Waals surface area (Å²) in [6.07, 6.45) is 1.33. The standard InChI is InChI=1S/C22H24BrN3O3S/c1-15-5-3-4-6-20(15)16(2)21-24-22(29-25-21)17-11-13-26(14-12-17)30(27,28)19-9-7-18(23)8-10-19/h3-10,16-17H,11-14H2,1-2H3. The van der Waals surface area contributed by atoms with E-state index in [1.807, 2.05) is 12.1 Å². The number of hydrogen-bond donors (Lipinski definition) is 0. The van der Waals surface area contributed by atoms with Crippen LogP contribution in [-0.4, -0.2) is 36.0 Å². The van der Waals surface area contributed by atoms with Gasteiger partial charge in [-0.25, -0.2) is 8.42 Å². The van der Waals surface area contributed by atoms with Gasteiger partial charge in [0.15, 0.2) is 5.82 Å². The molecule has 3 aromatic rings. The highest BCUT2D eigenvalue weighted by molar-refractivity contribution is 9.10. The molecule has 0 saturated carbocycles. The second-order valence-electron chi connectivity index (χ2n) is 7.70. The van der Waals surface area contributed by atoms with Gasteiger partial charge in [0.05, 0.1) is 4.90 Å². The van der Waals surface area contributed by atoms with Crippen molar-refractivity contribution in [3.63, 3.8) is 0 Å². The Morgan fingerprint density at radius 1 is 1.10 bits per heavy atom. The van der Waals surface area contributed by atoms with Crippen molar-refractivity contribution < 1.29 is 12.9 Å². The molecule has 0 N–H and O–H groups in total. The van der Waals surface area contributed by atoms with Crippen LogP contribution in [0.4, 0.5) is 0 Å². The molecule has 158 valence electrons. The number of piperidine rings is 1. The molecule has 4 rings (SSSR count). The van der Waals surface area contributed by atoms with Crippen molar-refractivity contribution in [2.24, 2.45) is 0 Å². The predicted octanol–water partition coefficient (Wildman–Crippen LogP) is 4.86. The van der Waals surface area contributed by atoms with Crippen LogP contribution in [0, 0.1) is 6.92 Å². The Bertz CT molecular complexity index is 1120. The van der Waals surface area contributed by atoms with E-state index in [9.17, 15) is 8.42 Å². The summed E-state index contributed by atoms with van der Waals surface area (Å²) < 4.78 is 33.7. The molecule has 0 aliphatic carbocycles. The fraction of sp³-hybridized carbons (Fsp3) is 0.364. The second-order valence-corrected chi connectivity index (χ2v) is 10.6. The van der Waals surface area contributed by atoms with Gasteiger partial charge < -0.3 is 4.52 Å². The van der Waals surface area contributed by atoms with Crippen molar-refractivity contribution >= 4 is 26.0 Å². The van der Waals surface area contributed by atoms with E-state index in [0.29, 0.717) is 42.5 Å². The molecule has 1 fully saturated rings. The second kappa shape index (κ2) is 8.61. The summed E-state index contributed by atoms with van der Waals surface area (Å²) in [5.74, 6) is 1.39. The molecule has 0 spiro atoms. The molecule has 0 radical (unpaired) electrons. The Morgan fingerprint density at radius 2 is 1.77 bits per heavy atom. The van der Waals surface area contributed by atoms with Gasteiger partial charge in [0.1, 0.15) is 0 Å². The molecule has 1 aromatic heterocycles. The van der Waals surface area contributed by atoms with Gasteiger partial charge in [0.2, 0.25) is 15.9 Å². The van der Waals surface area contributed by atoms with E-state index in [4.69, 9.17) is 4.52 Å². The van der Waals surface area contributed by atoms with Gasteiger partial charge in [-0.1, -0.05) is 52.3 Å². The molecule has 0 amide bonds. The van der Waals surface area contributed by atoms with Crippen LogP contribution in [-0.2, 0) is 10.0 Å². The first-order chi connectivity index (χ1) is 14.4. The van der Waals surface area contributed by atoms with E-state index in [1.165, 1.54) is 11.1 Å². The zero-order valence-electron chi connectivity index (χ0n) is 17.0. The van der Waals surface area contributed by atoms with Crippen molar-refractivity contribution in [1.29, 1.82) is 0 Å². The number of sulfonamides is 1. The van der Waals surface area contributed by atoms with Crippen molar-refractivity contribution in [3.05, 3.63) is 75.8 Å². The summed E-state index contributed by atoms with van der Waals surface area (Å²) in [6.45, 7) is 5.03. The van der Waals surface area contributed by atoms with Crippen molar-refractivity contribution in [1.82, 2.24) is 14.4 Å². The number of benzene rings is 2. The van der Waals surface area contributed by atoms with Crippen LogP contribution in [0.5, 0.6) is 0 Å². The minimum atomic E-state index is -3.49. The van der Waals surface area contributed by atoms with Crippen LogP contribution in [0.25, 0.3) is 0 Å². The summed E-state index contributed by atoms with van der Waals surface area (Å²) in [5.41, 5.74) is 2.38. The van der Waals surface area contributed by atoms with Gasteiger partial charge in [0, 0.05) is 29.4 Å². The zero-order chi connectivity index (χ0) is 21.3. The zero-order valence-corrected chi connectivity index (χ0v) is 19.4. The highest BCUT2D eigenvalue weighted by Gasteiger charge is 2.32. The minimum Gasteiger partial charge on any atom is -0.339 e. The summed E-state index contributed by atoms with van der Waals surface area (Å²) >= 11 is 3.34. The maximum absolute atomic E-state index is 12.9. The molecule has 8 heteroatoms. The lowest BCUT2D eigenvalue weighted by atomic mass is 9.95. The van der Waals surface area contributed by atoms with Gasteiger partial charge in [0.25, 0.3) is 0 Å². The lowest BCUT2D eigenvalue weighted by molar-refractivity contribution is 0.270. The number of rotatable bonds is 5. The number of aryl methyl sites for hydroxylation is 1. The van der Waals surface area contributed by atoms with E-state index in [0.717, 1.165) is 4.47 Å². The van der Waals surface area contributed by atoms with Crippen LogP contribution in [0.1, 0.15) is 54.4 Å². The van der Waals surface area contributed by atoms with E-state index in [2.05, 4.69) is 52.1 Å². The first-order valence-electron chi connectivity index (χ1n) is 10.0. The Kier molecular flexibility index (Phi) is 6.09. The van der Waals surface area contributed by atoms with Crippen molar-refractivity contribution in [2.45, 2.75) is 43.4 Å². The molecule has 30 heavy (non-hydrogen) atoms. The Morgan fingerprint density at radius 3 is 2.43 bits per heavy atom. The van der Waals surface area contributed by atoms with Gasteiger partial charge in [-0.15, -0.1) is 0 Å². The Hall–Kier alpha value is -2.03. The van der Waals surface area contributed by atoms with E-state index < -0.39 is 10.0 Å². The SMILES string of the molecule is Cc1ccccc1C(C)c1noc(C2CCN(S(=O)(=O)c3ccc(Br)cc3)CC2)n1. The fourth-order valence-electron chi connectivity index (χ4n) is 3.90. The molecule has 2 aromatic carbocycles. The van der Waals surface area contributed by atoms with Gasteiger partial charge in [-0.2, -0.15) is 9.29 Å². The number of hydrogen-bond acceptors (Lipinski definition) is 5. The lowest BCUT2D eigenvalue weighted by Crippen LogP contribution is -2.37. The molecule has 1 aliphatic heterocycles. The van der Waals surface area contributed by atoms with Gasteiger partial charge in [-0.3, -0.25) is 0 Å². The average molecular weight is 490 g/mol. The highest BCUT2D eigenvalue weighted by atomic mass is 79.9. The first kappa shape index (κ1) is 21.2. The summed E-state index contributed by atoms with van der Waals surface area (Å²) in [4.78, 5) is 4.97. The molecular formula is C22H24BrN3O3S. The number of aromatic nitrogens is 2. The Balaban J connectivity index is 1.44. The molecular weight excluding hydrogens is 466 g/mol. The van der Waals surface area contributed by atoms with Crippen LogP contribution >= 0.6 is 15.9 Å². The quantitative estimate of drug-likeness (QED) is 0.511. The van der Waals surface area contributed by atoms with Crippen LogP contribution in [0.3, 0.4) is 0 Å². The minimum absolute atomic E-state index is 0.0431. The van der Waals surface area contributed by atoms with Crippen molar-refractivity contribution in [3.8, 4) is 0 Å². The molecule has 1 atom stereocenters. The lowest BCUT2D eigenvalue weighted by Gasteiger charge is -2.29. The summed E-state index contributed by atoms with van der Waals surface area (Å²) in [7, 11) is -3.49. The highest BCUT2D eigenvalue weighted by Crippen LogP contribution is 2.32. The fourth-order valence-corrected chi connectivity index (χ4v) is 5.63. The predicted molar refractivity (Wildman–Crippen MR) is 118 cm³/mol. The molecule has 0 bridgehead atoms. The van der Waals surface area contributed by atoms with Crippen LogP contribution in [0.15, 0.2) is 62.4 Å². The summed E-state index contributed by atoms with van der Waals surface area (Å²) in [6, 6.07) is 14.9. The topological polar surface area (TPSA) is 76.3 Å². The molecule has 1 aliphatic rings. The van der Waals surface area contributed by atoms with Crippen molar-refractivity contribution in [2.75, 3.05) is 13.1 Å². The summed E-state index contributed by atoms with van der Waals surface area (Å²) in [5, 5.41) is 4.21. The smallest absolute Gasteiger partial charge is 0.243 e. The Labute approximate surface area is 185 Å². The van der Waals surface area contributed by atoms with Crippen LogP contribution in [0.2, 0.25) is 0 Å². The van der Waals surface area contributed by atoms with E-state index >= 15 is 0 Å². The molecule has 1 unspecified atom stereocenters. The average Bonchev–Trinajstić information content (AvgIpc) is 3.24. The van der Waals surface area contributed by atoms with Gasteiger partial charge >= 0.3 is 0 Å².